The third-order valence-electron chi connectivity index (χ3n) is 16.7. The fourth-order valence-electron chi connectivity index (χ4n) is 11.1. The molecule has 0 aromatic carbocycles. The Balaban J connectivity index is 1.24. The fourth-order valence-corrected chi connectivity index (χ4v) is 11.1. The maximum absolute atomic E-state index is 12.3. The second kappa shape index (κ2) is 34.1. The maximum atomic E-state index is 12.3. The molecule has 0 aromatic rings. The van der Waals surface area contributed by atoms with Gasteiger partial charge in [0.2, 0.25) is 5.91 Å². The van der Waals surface area contributed by atoms with Gasteiger partial charge in [-0.1, -0.05) is 0 Å². The molecule has 1 amide bonds. The number of rotatable bonds is 27. The third kappa shape index (κ3) is 17.1. The molecule has 0 aromatic heterocycles. The molecule has 7 aliphatic heterocycles. The van der Waals surface area contributed by atoms with Gasteiger partial charge in [0.05, 0.1) is 65.5 Å². The topological polar surface area (TPSA) is 684 Å². The third-order valence-corrected chi connectivity index (χ3v) is 16.7. The molecular weight excluding hydrogens is 1270 g/mol. The Morgan fingerprint density at radius 2 is 0.652 bits per heavy atom. The number of amides is 1. The lowest BCUT2D eigenvalue weighted by atomic mass is 9.95. The number of aliphatic hydroxyl groups excluding tert-OH is 26. The van der Waals surface area contributed by atoms with E-state index < -0.39 is 305 Å². The minimum Gasteiger partial charge on any atom is -0.394 e. The summed E-state index contributed by atoms with van der Waals surface area (Å²) in [5.41, 5.74) is 0. The Morgan fingerprint density at radius 1 is 0.348 bits per heavy atom. The fraction of sp³-hybridized carbons (Fsp3) is 0.980. The van der Waals surface area contributed by atoms with Crippen molar-refractivity contribution in [1.29, 1.82) is 0 Å². The van der Waals surface area contributed by atoms with Crippen LogP contribution in [0, 0.1) is 0 Å². The van der Waals surface area contributed by atoms with Crippen LogP contribution in [0.3, 0.4) is 0 Å². The minimum absolute atomic E-state index is 0.858. The second-order valence-corrected chi connectivity index (χ2v) is 23.0. The molecule has 39 atom stereocenters. The Morgan fingerprint density at radius 3 is 1.03 bits per heavy atom. The average Bonchev–Trinajstić information content (AvgIpc) is 0.790. The SMILES string of the molecule is CC(=O)N[C@@H](CO)[C@@H](O)[C@H](O[C@@H]1O[C@H](CO[C@H]2O[C@H](CO[C@H]3O[C@H](CO)[C@@H](O)[C@H](O)[C@@H]3O)[C@@H](O)[C@H](O[C@H]3O[C@H](CO)[C@@H](O)[C@H](O)[C@@H]3O)[C@@H]2O)[C@@H](O)[C@H](O[C@H]2O[C@H](CO[C@H]3O[C@H](CO)[C@@H](O)[C@H](O)[C@@H]3O)[C@@H](O)[C@H](O)[C@@H]2O[C@H]2O[C@H](CO)[C@@H](O)[C@H](O)[C@@H]2O)[C@@H]1O)[C@H](O)CO. The summed E-state index contributed by atoms with van der Waals surface area (Å²) in [7, 11) is 0. The van der Waals surface area contributed by atoms with Crippen molar-refractivity contribution in [2.75, 3.05) is 59.5 Å². The lowest BCUT2D eigenvalue weighted by Gasteiger charge is -2.49. The van der Waals surface area contributed by atoms with Crippen LogP contribution < -0.4 is 5.32 Å². The van der Waals surface area contributed by atoms with Gasteiger partial charge in [0.25, 0.3) is 0 Å². The van der Waals surface area contributed by atoms with E-state index in [0.29, 0.717) is 0 Å². The molecule has 0 radical (unpaired) electrons. The zero-order chi connectivity index (χ0) is 68.1. The number of aliphatic hydroxyl groups is 26. The molecule has 92 heavy (non-hydrogen) atoms. The van der Waals surface area contributed by atoms with E-state index >= 15 is 0 Å². The van der Waals surface area contributed by atoms with E-state index in [1.165, 1.54) is 0 Å². The Bertz CT molecular complexity index is 2200. The molecule has 7 aliphatic rings. The lowest BCUT2D eigenvalue weighted by Crippen LogP contribution is -2.68. The van der Waals surface area contributed by atoms with Crippen molar-refractivity contribution in [3.63, 3.8) is 0 Å². The summed E-state index contributed by atoms with van der Waals surface area (Å²) in [6.45, 7) is -8.44. The highest BCUT2D eigenvalue weighted by molar-refractivity contribution is 5.73. The monoisotopic (exact) mass is 1360 g/mol. The van der Waals surface area contributed by atoms with E-state index in [1.54, 1.807) is 0 Å². The first-order chi connectivity index (χ1) is 43.5. The van der Waals surface area contributed by atoms with Gasteiger partial charge in [0.15, 0.2) is 44.0 Å². The van der Waals surface area contributed by atoms with Crippen LogP contribution in [0.4, 0.5) is 0 Å². The van der Waals surface area contributed by atoms with E-state index in [9.17, 15) is 138 Å². The number of carbonyl (C=O) groups is 1. The van der Waals surface area contributed by atoms with Gasteiger partial charge in [-0.2, -0.15) is 0 Å². The quantitative estimate of drug-likeness (QED) is 0.0363. The van der Waals surface area contributed by atoms with E-state index in [-0.39, 0.29) is 0 Å². The van der Waals surface area contributed by atoms with Crippen LogP contribution in [0.1, 0.15) is 6.92 Å². The van der Waals surface area contributed by atoms with Crippen LogP contribution >= 0.6 is 0 Å². The lowest BCUT2D eigenvalue weighted by molar-refractivity contribution is -0.398. The molecule has 42 nitrogen and oxygen atoms in total. The summed E-state index contributed by atoms with van der Waals surface area (Å²) in [6, 6.07) is -1.72. The number of ether oxygens (including phenoxy) is 14. The van der Waals surface area contributed by atoms with Crippen molar-refractivity contribution < 1.29 is 204 Å². The zero-order valence-electron chi connectivity index (χ0n) is 48.6. The van der Waals surface area contributed by atoms with Gasteiger partial charge in [-0.05, 0) is 0 Å². The summed E-state index contributed by atoms with van der Waals surface area (Å²) >= 11 is 0. The molecule has 538 valence electrons. The first-order valence-corrected chi connectivity index (χ1v) is 29.1. The molecule has 0 spiro atoms. The molecule has 7 fully saturated rings. The molecule has 42 heteroatoms. The summed E-state index contributed by atoms with van der Waals surface area (Å²) in [5.74, 6) is -0.858. The summed E-state index contributed by atoms with van der Waals surface area (Å²) in [6.07, 6.45) is -79.9. The molecule has 7 saturated heterocycles. The van der Waals surface area contributed by atoms with Crippen LogP contribution in [-0.2, 0) is 71.1 Å². The van der Waals surface area contributed by atoms with Gasteiger partial charge in [0, 0.05) is 6.92 Å². The summed E-state index contributed by atoms with van der Waals surface area (Å²) in [4.78, 5) is 12.1. The minimum atomic E-state index is -2.55. The van der Waals surface area contributed by atoms with Gasteiger partial charge >= 0.3 is 0 Å². The molecule has 0 saturated carbocycles. The molecule has 0 bridgehead atoms. The van der Waals surface area contributed by atoms with Crippen molar-refractivity contribution in [2.24, 2.45) is 0 Å². The van der Waals surface area contributed by atoms with Crippen LogP contribution in [0.5, 0.6) is 0 Å². The summed E-state index contributed by atoms with van der Waals surface area (Å²) < 4.78 is 79.9. The van der Waals surface area contributed by atoms with Crippen LogP contribution in [0.2, 0.25) is 0 Å². The largest absolute Gasteiger partial charge is 0.394 e. The Hall–Kier alpha value is -2.13. The van der Waals surface area contributed by atoms with Crippen molar-refractivity contribution in [2.45, 2.75) is 246 Å². The maximum Gasteiger partial charge on any atom is 0.217 e. The predicted octanol–water partition coefficient (Wildman–Crippen LogP) is -18.7. The van der Waals surface area contributed by atoms with Crippen LogP contribution in [0.15, 0.2) is 0 Å². The van der Waals surface area contributed by atoms with Gasteiger partial charge in [-0.3, -0.25) is 4.79 Å². The summed E-state index contributed by atoms with van der Waals surface area (Å²) in [5, 5.41) is 283. The first kappa shape index (κ1) is 77.2. The van der Waals surface area contributed by atoms with Gasteiger partial charge < -0.3 is 204 Å². The van der Waals surface area contributed by atoms with E-state index in [1.807, 2.05) is 0 Å². The molecule has 27 N–H and O–H groups in total. The molecule has 7 heterocycles. The molecular formula is C50H87NO41. The van der Waals surface area contributed by atoms with E-state index in [0.717, 1.165) is 6.92 Å². The number of nitrogens with one attached hydrogen (secondary N) is 1. The number of hydrogen-bond acceptors (Lipinski definition) is 41. The van der Waals surface area contributed by atoms with Crippen molar-refractivity contribution in [3.05, 3.63) is 0 Å². The smallest absolute Gasteiger partial charge is 0.217 e. The van der Waals surface area contributed by atoms with Gasteiger partial charge in [-0.25, -0.2) is 0 Å². The average molecular weight is 1360 g/mol. The molecule has 7 rings (SSSR count). The van der Waals surface area contributed by atoms with Crippen molar-refractivity contribution in [3.8, 4) is 0 Å². The highest BCUT2D eigenvalue weighted by atomic mass is 16.8. The first-order valence-electron chi connectivity index (χ1n) is 29.1. The molecule has 0 aliphatic carbocycles. The number of hydrogen-bond donors (Lipinski definition) is 27. The molecule has 0 unspecified atom stereocenters. The Kier molecular flexibility index (Phi) is 28.6. The zero-order valence-corrected chi connectivity index (χ0v) is 48.6. The standard InChI is InChI=1S/C50H87NO41/c1-11(58)51-12(2-52)21(60)40(13(59)3-53)89-49-39(78)42(91-50-43(92-48-37(76)32(71)25(64)17(7-57)85-48)33(72)26(65)18(88-50)8-79-44-34(73)29(68)22(61)14(4-54)82-44)28(67)20(87-49)10-81-46-38(77)41(90-47-36(75)31(70)24(63)16(6-56)84-47)27(66)19(86-46)9-80-45-35(74)30(69)23(62)15(5-55)83-45/h12-50,52-57,59-78H,2-10H2,1H3,(H,51,58)/t12-,13+,14+,15+,16+,17+,18+,19+,20+,21+,22+,23+,24+,25+,26+,27+,28+,29-,30-,31-,32-,33-,34-,35-,36-,37-,38-,39-,40+,41-,42-,43-,44-,45-,46-,47+,48+,49-,50+/m0/s1. The van der Waals surface area contributed by atoms with Gasteiger partial charge in [-0.15, -0.1) is 0 Å². The normalized spacial score (nSPS) is 48.5. The van der Waals surface area contributed by atoms with Gasteiger partial charge in [0.1, 0.15) is 189 Å². The van der Waals surface area contributed by atoms with Crippen molar-refractivity contribution in [1.82, 2.24) is 5.32 Å². The highest BCUT2D eigenvalue weighted by Crippen LogP contribution is 2.37. The van der Waals surface area contributed by atoms with Crippen LogP contribution in [0.25, 0.3) is 0 Å². The predicted molar refractivity (Wildman–Crippen MR) is 278 cm³/mol. The van der Waals surface area contributed by atoms with Crippen LogP contribution in [-0.4, -0.2) is 437 Å². The number of carbonyl (C=O) groups excluding carboxylic acids is 1. The van der Waals surface area contributed by atoms with E-state index in [2.05, 4.69) is 5.32 Å². The Labute approximate surface area is 520 Å². The highest BCUT2D eigenvalue weighted by Gasteiger charge is 2.58. The van der Waals surface area contributed by atoms with E-state index in [4.69, 9.17) is 66.3 Å². The second-order valence-electron chi connectivity index (χ2n) is 23.0. The van der Waals surface area contributed by atoms with Crippen molar-refractivity contribution >= 4 is 5.91 Å².